The number of aryl methyl sites for hydroxylation is 1. The molecular weight excluding hydrogens is 380 g/mol. The molecule has 2 aromatic rings. The molecular formula is C17H18Br2O. The standard InChI is InChI=1S/C17H18Br2O/c1-11(2)15-7-4-12(3)8-17(15)20-16-9-14(19)6-5-13(16)10-18/h4-9,11H,10H2,1-3H3. The van der Waals surface area contributed by atoms with E-state index in [0.29, 0.717) is 5.92 Å². The fourth-order valence-corrected chi connectivity index (χ4v) is 2.86. The summed E-state index contributed by atoms with van der Waals surface area (Å²) >= 11 is 7.02. The minimum atomic E-state index is 0.435. The summed E-state index contributed by atoms with van der Waals surface area (Å²) in [7, 11) is 0. The molecule has 0 heterocycles. The number of ether oxygens (including phenoxy) is 1. The highest BCUT2D eigenvalue weighted by atomic mass is 79.9. The largest absolute Gasteiger partial charge is 0.457 e. The number of benzene rings is 2. The van der Waals surface area contributed by atoms with E-state index in [9.17, 15) is 0 Å². The summed E-state index contributed by atoms with van der Waals surface area (Å²) < 4.78 is 7.22. The van der Waals surface area contributed by atoms with Crippen LogP contribution in [0.15, 0.2) is 40.9 Å². The molecule has 1 nitrogen and oxygen atoms in total. The number of halogens is 2. The molecule has 0 atom stereocenters. The molecule has 0 saturated carbocycles. The fourth-order valence-electron chi connectivity index (χ4n) is 2.06. The Morgan fingerprint density at radius 1 is 1.05 bits per heavy atom. The van der Waals surface area contributed by atoms with Gasteiger partial charge in [-0.2, -0.15) is 0 Å². The summed E-state index contributed by atoms with van der Waals surface area (Å²) in [5.74, 6) is 2.27. The number of rotatable bonds is 4. The average molecular weight is 398 g/mol. The van der Waals surface area contributed by atoms with Crippen LogP contribution < -0.4 is 4.74 Å². The molecule has 20 heavy (non-hydrogen) atoms. The minimum absolute atomic E-state index is 0.435. The van der Waals surface area contributed by atoms with Gasteiger partial charge in [0.15, 0.2) is 0 Å². The van der Waals surface area contributed by atoms with E-state index in [1.165, 1.54) is 11.1 Å². The first-order valence-corrected chi connectivity index (χ1v) is 8.55. The van der Waals surface area contributed by atoms with E-state index < -0.39 is 0 Å². The van der Waals surface area contributed by atoms with E-state index in [1.54, 1.807) is 0 Å². The van der Waals surface area contributed by atoms with Crippen LogP contribution in [0.5, 0.6) is 11.5 Å². The molecule has 2 aromatic carbocycles. The Bertz CT molecular complexity index is 606. The van der Waals surface area contributed by atoms with Crippen LogP contribution >= 0.6 is 31.9 Å². The maximum Gasteiger partial charge on any atom is 0.132 e. The SMILES string of the molecule is Cc1ccc(C(C)C)c(Oc2cc(Br)ccc2CBr)c1. The molecule has 0 unspecified atom stereocenters. The number of hydrogen-bond acceptors (Lipinski definition) is 1. The van der Waals surface area contributed by atoms with Crippen molar-refractivity contribution in [1.29, 1.82) is 0 Å². The molecule has 0 radical (unpaired) electrons. The molecule has 0 fully saturated rings. The maximum atomic E-state index is 6.19. The van der Waals surface area contributed by atoms with Gasteiger partial charge in [0.1, 0.15) is 11.5 Å². The van der Waals surface area contributed by atoms with E-state index in [1.807, 2.05) is 12.1 Å². The van der Waals surface area contributed by atoms with Crippen LogP contribution in [0.3, 0.4) is 0 Å². The summed E-state index contributed by atoms with van der Waals surface area (Å²) in [6.45, 7) is 6.46. The zero-order valence-corrected chi connectivity index (χ0v) is 15.1. The van der Waals surface area contributed by atoms with E-state index in [-0.39, 0.29) is 0 Å². The zero-order valence-electron chi connectivity index (χ0n) is 11.9. The molecule has 0 amide bonds. The van der Waals surface area contributed by atoms with E-state index in [4.69, 9.17) is 4.74 Å². The Hall–Kier alpha value is -0.800. The van der Waals surface area contributed by atoms with Gasteiger partial charge in [-0.25, -0.2) is 0 Å². The second kappa shape index (κ2) is 6.77. The van der Waals surface area contributed by atoms with Gasteiger partial charge in [-0.1, -0.05) is 63.9 Å². The summed E-state index contributed by atoms with van der Waals surface area (Å²) in [6.07, 6.45) is 0. The predicted molar refractivity (Wildman–Crippen MR) is 92.1 cm³/mol. The smallest absolute Gasteiger partial charge is 0.132 e. The van der Waals surface area contributed by atoms with Gasteiger partial charge in [0.05, 0.1) is 0 Å². The van der Waals surface area contributed by atoms with Crippen LogP contribution in [0.2, 0.25) is 0 Å². The first-order valence-electron chi connectivity index (χ1n) is 6.64. The lowest BCUT2D eigenvalue weighted by molar-refractivity contribution is 0.468. The third-order valence-electron chi connectivity index (χ3n) is 3.18. The van der Waals surface area contributed by atoms with Crippen molar-refractivity contribution in [1.82, 2.24) is 0 Å². The molecule has 0 spiro atoms. The highest BCUT2D eigenvalue weighted by Crippen LogP contribution is 2.35. The third-order valence-corrected chi connectivity index (χ3v) is 4.28. The Balaban J connectivity index is 2.44. The van der Waals surface area contributed by atoms with E-state index in [2.05, 4.69) is 76.9 Å². The van der Waals surface area contributed by atoms with Gasteiger partial charge in [0, 0.05) is 15.4 Å². The lowest BCUT2D eigenvalue weighted by atomic mass is 10.0. The van der Waals surface area contributed by atoms with E-state index >= 15 is 0 Å². The highest BCUT2D eigenvalue weighted by molar-refractivity contribution is 9.10. The highest BCUT2D eigenvalue weighted by Gasteiger charge is 2.11. The second-order valence-corrected chi connectivity index (χ2v) is 6.66. The molecule has 0 aliphatic rings. The molecule has 3 heteroatoms. The molecule has 0 aliphatic carbocycles. The van der Waals surface area contributed by atoms with Crippen LogP contribution in [0.1, 0.15) is 36.5 Å². The van der Waals surface area contributed by atoms with Crippen molar-refractivity contribution in [3.63, 3.8) is 0 Å². The monoisotopic (exact) mass is 396 g/mol. The predicted octanol–water partition coefficient (Wildman–Crippen LogP) is 6.57. The van der Waals surface area contributed by atoms with Crippen molar-refractivity contribution in [3.05, 3.63) is 57.6 Å². The topological polar surface area (TPSA) is 9.23 Å². The van der Waals surface area contributed by atoms with Gasteiger partial charge in [-0.05, 0) is 42.2 Å². The summed E-state index contributed by atoms with van der Waals surface area (Å²) in [6, 6.07) is 12.5. The Labute approximate surface area is 137 Å². The second-order valence-electron chi connectivity index (χ2n) is 5.18. The lowest BCUT2D eigenvalue weighted by Gasteiger charge is -2.16. The molecule has 106 valence electrons. The summed E-state index contributed by atoms with van der Waals surface area (Å²) in [5, 5.41) is 0.776. The summed E-state index contributed by atoms with van der Waals surface area (Å²) in [5.41, 5.74) is 3.58. The lowest BCUT2D eigenvalue weighted by Crippen LogP contribution is -1.96. The van der Waals surface area contributed by atoms with Gasteiger partial charge in [0.2, 0.25) is 0 Å². The summed E-state index contributed by atoms with van der Waals surface area (Å²) in [4.78, 5) is 0. The van der Waals surface area contributed by atoms with Gasteiger partial charge < -0.3 is 4.74 Å². The van der Waals surface area contributed by atoms with Crippen molar-refractivity contribution in [2.45, 2.75) is 32.0 Å². The normalized spacial score (nSPS) is 10.9. The fraction of sp³-hybridized carbons (Fsp3) is 0.294. The van der Waals surface area contributed by atoms with E-state index in [0.717, 1.165) is 26.9 Å². The van der Waals surface area contributed by atoms with Crippen LogP contribution in [0.25, 0.3) is 0 Å². The van der Waals surface area contributed by atoms with Crippen molar-refractivity contribution in [2.75, 3.05) is 0 Å². The molecule has 0 saturated heterocycles. The van der Waals surface area contributed by atoms with Crippen molar-refractivity contribution in [3.8, 4) is 11.5 Å². The van der Waals surface area contributed by atoms with Crippen LogP contribution in [0, 0.1) is 6.92 Å². The number of alkyl halides is 1. The van der Waals surface area contributed by atoms with Crippen LogP contribution in [-0.2, 0) is 5.33 Å². The van der Waals surface area contributed by atoms with Gasteiger partial charge in [-0.3, -0.25) is 0 Å². The quantitative estimate of drug-likeness (QED) is 0.530. The average Bonchev–Trinajstić information content (AvgIpc) is 2.38. The number of hydrogen-bond donors (Lipinski definition) is 0. The van der Waals surface area contributed by atoms with Crippen LogP contribution in [0.4, 0.5) is 0 Å². The first kappa shape index (κ1) is 15.6. The molecule has 0 aliphatic heterocycles. The van der Waals surface area contributed by atoms with Gasteiger partial charge in [0.25, 0.3) is 0 Å². The van der Waals surface area contributed by atoms with Gasteiger partial charge >= 0.3 is 0 Å². The minimum Gasteiger partial charge on any atom is -0.457 e. The van der Waals surface area contributed by atoms with Crippen molar-refractivity contribution in [2.24, 2.45) is 0 Å². The van der Waals surface area contributed by atoms with Crippen molar-refractivity contribution < 1.29 is 4.74 Å². The first-order chi connectivity index (χ1) is 9.51. The maximum absolute atomic E-state index is 6.19. The molecule has 2 rings (SSSR count). The Morgan fingerprint density at radius 3 is 2.45 bits per heavy atom. The van der Waals surface area contributed by atoms with Crippen molar-refractivity contribution >= 4 is 31.9 Å². The molecule has 0 bridgehead atoms. The zero-order chi connectivity index (χ0) is 14.7. The van der Waals surface area contributed by atoms with Crippen LogP contribution in [-0.4, -0.2) is 0 Å². The van der Waals surface area contributed by atoms with Gasteiger partial charge in [-0.15, -0.1) is 0 Å². The Kier molecular flexibility index (Phi) is 5.28. The molecule has 0 N–H and O–H groups in total. The third kappa shape index (κ3) is 3.64. The molecule has 0 aromatic heterocycles. The Morgan fingerprint density at radius 2 is 1.80 bits per heavy atom.